The Balaban J connectivity index is 2.86. The predicted molar refractivity (Wildman–Crippen MR) is 62.5 cm³/mol. The number of hydrogen-bond acceptors (Lipinski definition) is 5. The van der Waals surface area contributed by atoms with Crippen molar-refractivity contribution < 1.29 is 0 Å². The standard InChI is InChI=1S/C10H19N5/c1-4-8-9(12-5-7(2)3)13-6-14-10(8)15-11/h6-7H,4-5,11H2,1-3H3,(H2,12,13,14,15). The molecule has 0 aliphatic carbocycles. The largest absolute Gasteiger partial charge is 0.369 e. The fraction of sp³-hybridized carbons (Fsp3) is 0.600. The zero-order valence-corrected chi connectivity index (χ0v) is 9.54. The minimum atomic E-state index is 0.582. The first-order chi connectivity index (χ1) is 7.19. The average molecular weight is 209 g/mol. The van der Waals surface area contributed by atoms with E-state index in [0.29, 0.717) is 11.7 Å². The van der Waals surface area contributed by atoms with Crippen molar-refractivity contribution in [3.8, 4) is 0 Å². The van der Waals surface area contributed by atoms with E-state index in [1.807, 2.05) is 0 Å². The number of nitrogen functional groups attached to an aromatic ring is 1. The summed E-state index contributed by atoms with van der Waals surface area (Å²) in [7, 11) is 0. The van der Waals surface area contributed by atoms with Crippen LogP contribution in [0.1, 0.15) is 26.3 Å². The molecule has 84 valence electrons. The van der Waals surface area contributed by atoms with E-state index >= 15 is 0 Å². The number of nitrogens with one attached hydrogen (secondary N) is 2. The van der Waals surface area contributed by atoms with Gasteiger partial charge in [-0.25, -0.2) is 15.8 Å². The van der Waals surface area contributed by atoms with Crippen LogP contribution < -0.4 is 16.6 Å². The zero-order chi connectivity index (χ0) is 11.3. The molecule has 0 bridgehead atoms. The Morgan fingerprint density at radius 2 is 2.00 bits per heavy atom. The van der Waals surface area contributed by atoms with E-state index in [1.54, 1.807) is 0 Å². The first-order valence-corrected chi connectivity index (χ1v) is 5.23. The van der Waals surface area contributed by atoms with Crippen molar-refractivity contribution in [2.24, 2.45) is 11.8 Å². The Kier molecular flexibility index (Phi) is 4.30. The van der Waals surface area contributed by atoms with Gasteiger partial charge in [-0.1, -0.05) is 20.8 Å². The van der Waals surface area contributed by atoms with Crippen molar-refractivity contribution in [1.82, 2.24) is 9.97 Å². The summed E-state index contributed by atoms with van der Waals surface area (Å²) >= 11 is 0. The molecule has 0 saturated carbocycles. The molecule has 0 fully saturated rings. The summed E-state index contributed by atoms with van der Waals surface area (Å²) in [4.78, 5) is 8.28. The number of hydrazine groups is 1. The Morgan fingerprint density at radius 1 is 1.33 bits per heavy atom. The smallest absolute Gasteiger partial charge is 0.148 e. The van der Waals surface area contributed by atoms with Gasteiger partial charge in [0, 0.05) is 12.1 Å². The van der Waals surface area contributed by atoms with Crippen molar-refractivity contribution >= 4 is 11.6 Å². The zero-order valence-electron chi connectivity index (χ0n) is 9.54. The molecule has 0 aliphatic rings. The average Bonchev–Trinajstić information content (AvgIpc) is 2.25. The molecule has 0 radical (unpaired) electrons. The highest BCUT2D eigenvalue weighted by Crippen LogP contribution is 2.19. The first-order valence-electron chi connectivity index (χ1n) is 5.23. The molecule has 0 unspecified atom stereocenters. The normalized spacial score (nSPS) is 10.5. The summed E-state index contributed by atoms with van der Waals surface area (Å²) in [6.45, 7) is 7.26. The van der Waals surface area contributed by atoms with Gasteiger partial charge in [0.15, 0.2) is 0 Å². The third kappa shape index (κ3) is 3.06. The lowest BCUT2D eigenvalue weighted by molar-refractivity contribution is 0.686. The van der Waals surface area contributed by atoms with Crippen LogP contribution in [0.15, 0.2) is 6.33 Å². The fourth-order valence-corrected chi connectivity index (χ4v) is 1.32. The van der Waals surface area contributed by atoms with Gasteiger partial charge in [-0.3, -0.25) is 0 Å². The molecule has 0 atom stereocenters. The van der Waals surface area contributed by atoms with Crippen molar-refractivity contribution in [3.05, 3.63) is 11.9 Å². The molecular weight excluding hydrogens is 190 g/mol. The molecule has 1 aromatic heterocycles. The molecule has 5 nitrogen and oxygen atoms in total. The lowest BCUT2D eigenvalue weighted by atomic mass is 10.2. The second kappa shape index (κ2) is 5.50. The molecule has 0 aromatic carbocycles. The van der Waals surface area contributed by atoms with Gasteiger partial charge >= 0.3 is 0 Å². The molecule has 4 N–H and O–H groups in total. The Bertz CT molecular complexity index is 311. The molecule has 0 saturated heterocycles. The van der Waals surface area contributed by atoms with E-state index in [0.717, 1.165) is 24.3 Å². The van der Waals surface area contributed by atoms with Crippen molar-refractivity contribution in [2.45, 2.75) is 27.2 Å². The third-order valence-electron chi connectivity index (χ3n) is 2.11. The van der Waals surface area contributed by atoms with Crippen molar-refractivity contribution in [3.63, 3.8) is 0 Å². The van der Waals surface area contributed by atoms with Gasteiger partial charge in [-0.2, -0.15) is 0 Å². The van der Waals surface area contributed by atoms with Gasteiger partial charge in [0.25, 0.3) is 0 Å². The molecule has 1 heterocycles. The maximum Gasteiger partial charge on any atom is 0.148 e. The SMILES string of the molecule is CCc1c(NN)ncnc1NCC(C)C. The van der Waals surface area contributed by atoms with E-state index in [-0.39, 0.29) is 0 Å². The van der Waals surface area contributed by atoms with E-state index in [2.05, 4.69) is 41.5 Å². The number of anilines is 2. The minimum Gasteiger partial charge on any atom is -0.369 e. The monoisotopic (exact) mass is 209 g/mol. The summed E-state index contributed by atoms with van der Waals surface area (Å²) in [5.41, 5.74) is 3.61. The molecular formula is C10H19N5. The van der Waals surface area contributed by atoms with E-state index in [1.165, 1.54) is 6.33 Å². The van der Waals surface area contributed by atoms with Crippen molar-refractivity contribution in [1.29, 1.82) is 0 Å². The summed E-state index contributed by atoms with van der Waals surface area (Å²) in [6.07, 6.45) is 2.36. The second-order valence-corrected chi connectivity index (χ2v) is 3.82. The lowest BCUT2D eigenvalue weighted by Gasteiger charge is -2.13. The highest BCUT2D eigenvalue weighted by Gasteiger charge is 2.08. The molecule has 0 aliphatic heterocycles. The van der Waals surface area contributed by atoms with Crippen LogP contribution in [0.4, 0.5) is 11.6 Å². The quantitative estimate of drug-likeness (QED) is 0.504. The second-order valence-electron chi connectivity index (χ2n) is 3.82. The molecule has 0 amide bonds. The molecule has 1 aromatic rings. The van der Waals surface area contributed by atoms with Gasteiger partial charge in [-0.05, 0) is 12.3 Å². The Hall–Kier alpha value is -1.36. The van der Waals surface area contributed by atoms with Crippen LogP contribution in [0.25, 0.3) is 0 Å². The van der Waals surface area contributed by atoms with Crippen molar-refractivity contribution in [2.75, 3.05) is 17.3 Å². The van der Waals surface area contributed by atoms with Crippen LogP contribution in [-0.4, -0.2) is 16.5 Å². The van der Waals surface area contributed by atoms with E-state index in [4.69, 9.17) is 5.84 Å². The number of nitrogens with two attached hydrogens (primary N) is 1. The van der Waals surface area contributed by atoms with Crippen LogP contribution in [0.3, 0.4) is 0 Å². The number of hydrogen-bond donors (Lipinski definition) is 3. The highest BCUT2D eigenvalue weighted by atomic mass is 15.3. The van der Waals surface area contributed by atoms with Crippen LogP contribution in [-0.2, 0) is 6.42 Å². The predicted octanol–water partition coefficient (Wildman–Crippen LogP) is 1.39. The first kappa shape index (κ1) is 11.7. The minimum absolute atomic E-state index is 0.582. The Morgan fingerprint density at radius 3 is 2.53 bits per heavy atom. The fourth-order valence-electron chi connectivity index (χ4n) is 1.32. The van der Waals surface area contributed by atoms with Gasteiger partial charge in [0.2, 0.25) is 0 Å². The molecule has 5 heteroatoms. The van der Waals surface area contributed by atoms with Gasteiger partial charge in [0.1, 0.15) is 18.0 Å². The summed E-state index contributed by atoms with van der Waals surface area (Å²) < 4.78 is 0. The van der Waals surface area contributed by atoms with Crippen LogP contribution in [0, 0.1) is 5.92 Å². The van der Waals surface area contributed by atoms with Crippen LogP contribution >= 0.6 is 0 Å². The molecule has 0 spiro atoms. The van der Waals surface area contributed by atoms with Gasteiger partial charge in [-0.15, -0.1) is 0 Å². The van der Waals surface area contributed by atoms with Crippen LogP contribution in [0.5, 0.6) is 0 Å². The highest BCUT2D eigenvalue weighted by molar-refractivity contribution is 5.56. The van der Waals surface area contributed by atoms with E-state index < -0.39 is 0 Å². The van der Waals surface area contributed by atoms with E-state index in [9.17, 15) is 0 Å². The van der Waals surface area contributed by atoms with Gasteiger partial charge < -0.3 is 10.7 Å². The van der Waals surface area contributed by atoms with Gasteiger partial charge in [0.05, 0.1) is 0 Å². The number of nitrogens with zero attached hydrogens (tertiary/aromatic N) is 2. The molecule has 1 rings (SSSR count). The number of rotatable bonds is 5. The summed E-state index contributed by atoms with van der Waals surface area (Å²) in [5, 5.41) is 3.29. The van der Waals surface area contributed by atoms with Crippen LogP contribution in [0.2, 0.25) is 0 Å². The third-order valence-corrected chi connectivity index (χ3v) is 2.11. The maximum absolute atomic E-state index is 5.38. The topological polar surface area (TPSA) is 75.9 Å². The number of aromatic nitrogens is 2. The Labute approximate surface area is 90.5 Å². The summed E-state index contributed by atoms with van der Waals surface area (Å²) in [6, 6.07) is 0. The molecule has 15 heavy (non-hydrogen) atoms. The summed E-state index contributed by atoms with van der Waals surface area (Å²) in [5.74, 6) is 7.53. The lowest BCUT2D eigenvalue weighted by Crippen LogP contribution is -2.15. The maximum atomic E-state index is 5.38.